The number of nitriles is 1. The van der Waals surface area contributed by atoms with Gasteiger partial charge in [0.1, 0.15) is 0 Å². The van der Waals surface area contributed by atoms with Crippen molar-refractivity contribution in [2.75, 3.05) is 18.1 Å². The molecule has 4 rings (SSSR count). The van der Waals surface area contributed by atoms with Gasteiger partial charge in [0.25, 0.3) is 0 Å². The van der Waals surface area contributed by atoms with Gasteiger partial charge in [-0.3, -0.25) is 0 Å². The molecule has 1 aliphatic heterocycles. The summed E-state index contributed by atoms with van der Waals surface area (Å²) in [6.45, 7) is 7.33. The minimum absolute atomic E-state index is 0.745. The first-order valence-electron chi connectivity index (χ1n) is 10.2. The summed E-state index contributed by atoms with van der Waals surface area (Å²) in [7, 11) is 0. The predicted octanol–water partition coefficient (Wildman–Crippen LogP) is 5.74. The Labute approximate surface area is 167 Å². The molecule has 1 saturated heterocycles. The summed E-state index contributed by atoms with van der Waals surface area (Å²) in [5, 5.41) is 16.7. The molecule has 1 fully saturated rings. The second-order valence-electron chi connectivity index (χ2n) is 7.86. The van der Waals surface area contributed by atoms with Gasteiger partial charge in [-0.15, -0.1) is 0 Å². The average molecular weight is 370 g/mol. The first-order chi connectivity index (χ1) is 13.7. The van der Waals surface area contributed by atoms with Crippen LogP contribution in [0.1, 0.15) is 41.5 Å². The summed E-state index contributed by atoms with van der Waals surface area (Å²) in [6, 6.07) is 21.6. The van der Waals surface area contributed by atoms with E-state index < -0.39 is 0 Å². The van der Waals surface area contributed by atoms with E-state index in [0.717, 1.165) is 36.0 Å². The number of hydrogen-bond donors (Lipinski definition) is 0. The van der Waals surface area contributed by atoms with Crippen molar-refractivity contribution in [3.63, 3.8) is 0 Å². The molecule has 0 spiro atoms. The predicted molar refractivity (Wildman–Crippen MR) is 116 cm³/mol. The third-order valence-electron chi connectivity index (χ3n) is 5.57. The van der Waals surface area contributed by atoms with Crippen molar-refractivity contribution in [1.82, 2.24) is 5.01 Å². The number of hydrogen-bond acceptors (Lipinski definition) is 3. The molecule has 0 bridgehead atoms. The van der Waals surface area contributed by atoms with Gasteiger partial charge in [0.15, 0.2) is 0 Å². The Bertz CT molecular complexity index is 1010. The van der Waals surface area contributed by atoms with Crippen LogP contribution >= 0.6 is 0 Å². The molecule has 0 unspecified atom stereocenters. The zero-order chi connectivity index (χ0) is 19.5. The van der Waals surface area contributed by atoms with Gasteiger partial charge in [0.2, 0.25) is 0 Å². The minimum Gasteiger partial charge on any atom is -0.305 e. The molecule has 1 aliphatic rings. The summed E-state index contributed by atoms with van der Waals surface area (Å²) in [5.74, 6) is 0. The summed E-state index contributed by atoms with van der Waals surface area (Å²) < 4.78 is 0. The molecule has 0 amide bonds. The highest BCUT2D eigenvalue weighted by atomic mass is 15.6. The first kappa shape index (κ1) is 18.5. The number of anilines is 1. The van der Waals surface area contributed by atoms with Crippen LogP contribution in [0.3, 0.4) is 0 Å². The molecule has 28 heavy (non-hydrogen) atoms. The van der Waals surface area contributed by atoms with Crippen molar-refractivity contribution in [2.24, 2.45) is 0 Å². The standard InChI is InChI=1S/C25H27N3/c1-19-14-20(2)16-21(15-19)18-27-12-6-3-7-13-28(27)25-11-10-22(17-26)23-8-4-5-9-24(23)25/h4-5,8-11,14-16H,3,6-7,12-13,18H2,1-2H3. The number of nitrogens with zero attached hydrogens (tertiary/aromatic N) is 3. The van der Waals surface area contributed by atoms with Crippen molar-refractivity contribution >= 4 is 16.5 Å². The van der Waals surface area contributed by atoms with E-state index in [9.17, 15) is 5.26 Å². The average Bonchev–Trinajstić information content (AvgIpc) is 2.91. The molecule has 0 atom stereocenters. The largest absolute Gasteiger partial charge is 0.305 e. The quantitative estimate of drug-likeness (QED) is 0.590. The van der Waals surface area contributed by atoms with Crippen LogP contribution in [-0.4, -0.2) is 18.1 Å². The number of fused-ring (bicyclic) bond motifs is 1. The Hall–Kier alpha value is -2.83. The Kier molecular flexibility index (Phi) is 5.32. The van der Waals surface area contributed by atoms with Gasteiger partial charge in [0.05, 0.1) is 17.3 Å². The lowest BCUT2D eigenvalue weighted by atomic mass is 10.0. The van der Waals surface area contributed by atoms with Gasteiger partial charge in [-0.25, -0.2) is 5.01 Å². The molecule has 1 heterocycles. The summed E-state index contributed by atoms with van der Waals surface area (Å²) in [6.07, 6.45) is 3.67. The second-order valence-corrected chi connectivity index (χ2v) is 7.86. The van der Waals surface area contributed by atoms with E-state index in [4.69, 9.17) is 0 Å². The topological polar surface area (TPSA) is 30.3 Å². The fourth-order valence-electron chi connectivity index (χ4n) is 4.41. The first-order valence-corrected chi connectivity index (χ1v) is 10.2. The molecule has 3 aromatic rings. The summed E-state index contributed by atoms with van der Waals surface area (Å²) in [5.41, 5.74) is 5.96. The van der Waals surface area contributed by atoms with Crippen molar-refractivity contribution in [2.45, 2.75) is 39.7 Å². The lowest BCUT2D eigenvalue weighted by Gasteiger charge is -2.36. The van der Waals surface area contributed by atoms with Crippen LogP contribution < -0.4 is 5.01 Å². The number of rotatable bonds is 3. The Balaban J connectivity index is 1.75. The number of aryl methyl sites for hydroxylation is 2. The monoisotopic (exact) mass is 369 g/mol. The molecule has 3 nitrogen and oxygen atoms in total. The van der Waals surface area contributed by atoms with Crippen LogP contribution in [0.5, 0.6) is 0 Å². The van der Waals surface area contributed by atoms with E-state index >= 15 is 0 Å². The summed E-state index contributed by atoms with van der Waals surface area (Å²) >= 11 is 0. The van der Waals surface area contributed by atoms with Crippen LogP contribution in [0.15, 0.2) is 54.6 Å². The van der Waals surface area contributed by atoms with E-state index in [2.05, 4.69) is 72.4 Å². The third-order valence-corrected chi connectivity index (χ3v) is 5.57. The highest BCUT2D eigenvalue weighted by Gasteiger charge is 2.21. The maximum Gasteiger partial charge on any atom is 0.0998 e. The fourth-order valence-corrected chi connectivity index (χ4v) is 4.41. The number of hydrazine groups is 1. The van der Waals surface area contributed by atoms with Gasteiger partial charge in [-0.2, -0.15) is 5.26 Å². The highest BCUT2D eigenvalue weighted by molar-refractivity contribution is 5.97. The molecule has 3 aromatic carbocycles. The fraction of sp³-hybridized carbons (Fsp3) is 0.320. The molecule has 0 aliphatic carbocycles. The van der Waals surface area contributed by atoms with E-state index in [1.807, 2.05) is 12.1 Å². The van der Waals surface area contributed by atoms with Crippen molar-refractivity contribution < 1.29 is 0 Å². The van der Waals surface area contributed by atoms with Gasteiger partial charge in [0, 0.05) is 30.4 Å². The smallest absolute Gasteiger partial charge is 0.0998 e. The van der Waals surface area contributed by atoms with E-state index in [1.54, 1.807) is 0 Å². The normalized spacial score (nSPS) is 15.4. The zero-order valence-corrected chi connectivity index (χ0v) is 16.8. The van der Waals surface area contributed by atoms with Crippen LogP contribution in [0.25, 0.3) is 10.8 Å². The highest BCUT2D eigenvalue weighted by Crippen LogP contribution is 2.32. The third kappa shape index (κ3) is 3.74. The minimum atomic E-state index is 0.745. The number of benzene rings is 3. The molecule has 0 aromatic heterocycles. The maximum absolute atomic E-state index is 9.51. The van der Waals surface area contributed by atoms with Gasteiger partial charge >= 0.3 is 0 Å². The van der Waals surface area contributed by atoms with Crippen LogP contribution in [0.4, 0.5) is 5.69 Å². The molecular formula is C25H27N3. The molecule has 0 N–H and O–H groups in total. The van der Waals surface area contributed by atoms with Crippen LogP contribution in [0, 0.1) is 25.2 Å². The Morgan fingerprint density at radius 2 is 1.57 bits per heavy atom. The van der Waals surface area contributed by atoms with Crippen LogP contribution in [-0.2, 0) is 6.54 Å². The Morgan fingerprint density at radius 1 is 0.857 bits per heavy atom. The van der Waals surface area contributed by atoms with Crippen molar-refractivity contribution in [1.29, 1.82) is 5.26 Å². The lowest BCUT2D eigenvalue weighted by molar-refractivity contribution is 0.253. The van der Waals surface area contributed by atoms with E-state index in [1.165, 1.54) is 41.6 Å². The molecule has 142 valence electrons. The SMILES string of the molecule is Cc1cc(C)cc(CN2CCCCCN2c2ccc(C#N)c3ccccc23)c1. The molecule has 0 saturated carbocycles. The van der Waals surface area contributed by atoms with Crippen molar-refractivity contribution in [3.05, 3.63) is 76.9 Å². The van der Waals surface area contributed by atoms with E-state index in [0.29, 0.717) is 0 Å². The molecule has 0 radical (unpaired) electrons. The van der Waals surface area contributed by atoms with Gasteiger partial charge < -0.3 is 5.01 Å². The van der Waals surface area contributed by atoms with Crippen LogP contribution in [0.2, 0.25) is 0 Å². The zero-order valence-electron chi connectivity index (χ0n) is 16.8. The van der Waals surface area contributed by atoms with E-state index in [-0.39, 0.29) is 0 Å². The Morgan fingerprint density at radius 3 is 2.32 bits per heavy atom. The lowest BCUT2D eigenvalue weighted by Crippen LogP contribution is -2.42. The maximum atomic E-state index is 9.51. The summed E-state index contributed by atoms with van der Waals surface area (Å²) in [4.78, 5) is 0. The van der Waals surface area contributed by atoms with Gasteiger partial charge in [-0.1, -0.05) is 60.0 Å². The van der Waals surface area contributed by atoms with Crippen molar-refractivity contribution in [3.8, 4) is 6.07 Å². The second kappa shape index (κ2) is 8.04. The molecule has 3 heteroatoms. The molecular weight excluding hydrogens is 342 g/mol. The van der Waals surface area contributed by atoms with Gasteiger partial charge in [-0.05, 0) is 44.4 Å².